The van der Waals surface area contributed by atoms with Gasteiger partial charge in [-0.05, 0) is 13.0 Å². The van der Waals surface area contributed by atoms with E-state index in [0.29, 0.717) is 6.61 Å². The number of ketones is 1. The van der Waals surface area contributed by atoms with Crippen molar-refractivity contribution < 1.29 is 24.3 Å². The highest BCUT2D eigenvalue weighted by Crippen LogP contribution is 2.33. The van der Waals surface area contributed by atoms with Gasteiger partial charge in [0.15, 0.2) is 0 Å². The smallest absolute Gasteiger partial charge is 0.270 e. The van der Waals surface area contributed by atoms with Crippen LogP contribution in [-0.4, -0.2) is 41.9 Å². The van der Waals surface area contributed by atoms with Crippen LogP contribution in [0.25, 0.3) is 0 Å². The largest absolute Gasteiger partial charge is 0.460 e. The minimum atomic E-state index is -0.891. The number of carbonyl (C=O) groups is 1. The van der Waals surface area contributed by atoms with Gasteiger partial charge in [-0.2, -0.15) is 0 Å². The summed E-state index contributed by atoms with van der Waals surface area (Å²) in [6.07, 6.45) is 0.512. The normalized spacial score (nSPS) is 18.7. The predicted octanol–water partition coefficient (Wildman–Crippen LogP) is 0.998. The van der Waals surface area contributed by atoms with E-state index in [1.165, 1.54) is 24.4 Å². The van der Waals surface area contributed by atoms with Gasteiger partial charge in [-0.3, -0.25) is 14.9 Å². The first-order valence-corrected chi connectivity index (χ1v) is 6.74. The van der Waals surface area contributed by atoms with Crippen LogP contribution < -0.4 is 10.1 Å². The van der Waals surface area contributed by atoms with Gasteiger partial charge in [-0.25, -0.2) is 0 Å². The Bertz CT molecular complexity index is 613. The molecule has 1 atom stereocenters. The molecule has 118 valence electrons. The maximum Gasteiger partial charge on any atom is 0.270 e. The molecule has 1 aliphatic heterocycles. The number of carbonyl (C=O) groups excluding carboxylic acids is 1. The molecule has 22 heavy (non-hydrogen) atoms. The molecule has 1 aliphatic rings. The van der Waals surface area contributed by atoms with Gasteiger partial charge in [-0.15, -0.1) is 0 Å². The van der Waals surface area contributed by atoms with Crippen molar-refractivity contribution in [1.29, 1.82) is 0 Å². The fourth-order valence-electron chi connectivity index (χ4n) is 2.01. The number of benzene rings is 1. The van der Waals surface area contributed by atoms with Gasteiger partial charge < -0.3 is 19.9 Å². The second kappa shape index (κ2) is 7.01. The fraction of sp³-hybridized carbons (Fsp3) is 0.357. The highest BCUT2D eigenvalue weighted by Gasteiger charge is 2.33. The maximum atomic E-state index is 12.5. The van der Waals surface area contributed by atoms with Gasteiger partial charge in [-0.1, -0.05) is 0 Å². The first-order valence-electron chi connectivity index (χ1n) is 6.74. The Kier molecular flexibility index (Phi) is 5.08. The van der Waals surface area contributed by atoms with Crippen LogP contribution in [-0.2, 0) is 4.74 Å². The van der Waals surface area contributed by atoms with E-state index in [-0.39, 0.29) is 35.7 Å². The number of aliphatic hydroxyl groups excluding tert-OH is 1. The summed E-state index contributed by atoms with van der Waals surface area (Å²) in [6, 6.07) is 3.84. The number of nitro groups is 1. The minimum absolute atomic E-state index is 0.0970. The number of rotatable bonds is 6. The Morgan fingerprint density at radius 2 is 2.32 bits per heavy atom. The van der Waals surface area contributed by atoms with Crippen LogP contribution >= 0.6 is 0 Å². The standard InChI is InChI=1S/C14H16N2O6/c1-2-21-14-11(8-15-5-6-17)13(18)10-7-9(16(19)20)3-4-12(10)22-14/h3-4,7-8,14-15,17H,2,5-6H2,1H3/b11-8+/t14-/m0/s1. The van der Waals surface area contributed by atoms with Gasteiger partial charge in [0.1, 0.15) is 5.75 Å². The first-order chi connectivity index (χ1) is 10.6. The van der Waals surface area contributed by atoms with Gasteiger partial charge in [0.05, 0.1) is 22.7 Å². The molecule has 0 amide bonds. The summed E-state index contributed by atoms with van der Waals surface area (Å²) in [5, 5.41) is 22.4. The van der Waals surface area contributed by atoms with Crippen molar-refractivity contribution in [3.05, 3.63) is 45.6 Å². The number of ether oxygens (including phenoxy) is 2. The lowest BCUT2D eigenvalue weighted by molar-refractivity contribution is -0.384. The highest BCUT2D eigenvalue weighted by atomic mass is 16.7. The summed E-state index contributed by atoms with van der Waals surface area (Å²) in [4.78, 5) is 22.8. The molecule has 0 unspecified atom stereocenters. The Hall–Kier alpha value is -2.45. The van der Waals surface area contributed by atoms with E-state index in [1.807, 2.05) is 0 Å². The molecule has 0 fully saturated rings. The molecular weight excluding hydrogens is 292 g/mol. The molecule has 0 bridgehead atoms. The third-order valence-corrected chi connectivity index (χ3v) is 3.00. The maximum absolute atomic E-state index is 12.5. The lowest BCUT2D eigenvalue weighted by Gasteiger charge is -2.27. The number of hydrogen-bond acceptors (Lipinski definition) is 7. The van der Waals surface area contributed by atoms with Crippen LogP contribution in [0.15, 0.2) is 30.0 Å². The summed E-state index contributed by atoms with van der Waals surface area (Å²) in [7, 11) is 0. The molecule has 0 spiro atoms. The molecule has 0 radical (unpaired) electrons. The molecule has 1 aromatic carbocycles. The molecule has 0 aliphatic carbocycles. The lowest BCUT2D eigenvalue weighted by atomic mass is 9.99. The highest BCUT2D eigenvalue weighted by molar-refractivity contribution is 6.12. The molecule has 1 heterocycles. The number of nitrogens with one attached hydrogen (secondary N) is 1. The summed E-state index contributed by atoms with van der Waals surface area (Å²) < 4.78 is 11.0. The average molecular weight is 308 g/mol. The molecule has 2 rings (SSSR count). The molecule has 0 aromatic heterocycles. The first kappa shape index (κ1) is 15.9. The van der Waals surface area contributed by atoms with Crippen molar-refractivity contribution in [2.75, 3.05) is 19.8 Å². The molecule has 2 N–H and O–H groups in total. The van der Waals surface area contributed by atoms with Crippen LogP contribution in [0.2, 0.25) is 0 Å². The Balaban J connectivity index is 2.38. The number of nitro benzene ring substituents is 1. The van der Waals surface area contributed by atoms with Crippen molar-refractivity contribution in [2.24, 2.45) is 0 Å². The number of fused-ring (bicyclic) bond motifs is 1. The number of Topliss-reactive ketones (excluding diaryl/α,β-unsaturated/α-hetero) is 1. The Labute approximate surface area is 126 Å². The second-order valence-corrected chi connectivity index (χ2v) is 4.45. The summed E-state index contributed by atoms with van der Waals surface area (Å²) in [6.45, 7) is 2.26. The van der Waals surface area contributed by atoms with Crippen LogP contribution in [0, 0.1) is 10.1 Å². The Morgan fingerprint density at radius 1 is 1.55 bits per heavy atom. The van der Waals surface area contributed by atoms with Crippen LogP contribution in [0.3, 0.4) is 0 Å². The van der Waals surface area contributed by atoms with E-state index in [4.69, 9.17) is 14.6 Å². The fourth-order valence-corrected chi connectivity index (χ4v) is 2.01. The Morgan fingerprint density at radius 3 is 2.95 bits per heavy atom. The zero-order valence-electron chi connectivity index (χ0n) is 11.9. The lowest BCUT2D eigenvalue weighted by Crippen LogP contribution is -2.34. The summed E-state index contributed by atoms with van der Waals surface area (Å²) >= 11 is 0. The monoisotopic (exact) mass is 308 g/mol. The van der Waals surface area contributed by atoms with Crippen LogP contribution in [0.4, 0.5) is 5.69 Å². The van der Waals surface area contributed by atoms with Gasteiger partial charge >= 0.3 is 0 Å². The van der Waals surface area contributed by atoms with Gasteiger partial charge in [0.2, 0.25) is 12.1 Å². The van der Waals surface area contributed by atoms with E-state index in [9.17, 15) is 14.9 Å². The van der Waals surface area contributed by atoms with E-state index < -0.39 is 17.0 Å². The van der Waals surface area contributed by atoms with Crippen molar-refractivity contribution in [2.45, 2.75) is 13.2 Å². The second-order valence-electron chi connectivity index (χ2n) is 4.45. The zero-order valence-corrected chi connectivity index (χ0v) is 11.9. The predicted molar refractivity (Wildman–Crippen MR) is 76.6 cm³/mol. The average Bonchev–Trinajstić information content (AvgIpc) is 2.50. The molecule has 0 saturated heterocycles. The third-order valence-electron chi connectivity index (χ3n) is 3.00. The third kappa shape index (κ3) is 3.23. The van der Waals surface area contributed by atoms with Gasteiger partial charge in [0, 0.05) is 31.5 Å². The molecular formula is C14H16N2O6. The molecule has 8 nitrogen and oxygen atoms in total. The van der Waals surface area contributed by atoms with Gasteiger partial charge in [0.25, 0.3) is 5.69 Å². The van der Waals surface area contributed by atoms with E-state index in [1.54, 1.807) is 6.92 Å². The number of nitrogens with zero attached hydrogens (tertiary/aromatic N) is 1. The van der Waals surface area contributed by atoms with Crippen molar-refractivity contribution in [3.63, 3.8) is 0 Å². The number of aliphatic hydroxyl groups is 1. The number of hydrogen-bond donors (Lipinski definition) is 2. The summed E-state index contributed by atoms with van der Waals surface area (Å²) in [5.41, 5.74) is 0.124. The van der Waals surface area contributed by atoms with Crippen LogP contribution in [0.5, 0.6) is 5.75 Å². The van der Waals surface area contributed by atoms with E-state index in [0.717, 1.165) is 0 Å². The van der Waals surface area contributed by atoms with Crippen LogP contribution in [0.1, 0.15) is 17.3 Å². The molecule has 0 saturated carbocycles. The topological polar surface area (TPSA) is 111 Å². The molecule has 8 heteroatoms. The van der Waals surface area contributed by atoms with Crippen molar-refractivity contribution in [3.8, 4) is 5.75 Å². The SMILES string of the molecule is CCO[C@H]1Oc2ccc([N+](=O)[O-])cc2C(=O)/C1=C\NCCO. The summed E-state index contributed by atoms with van der Waals surface area (Å²) in [5.74, 6) is -0.165. The number of non-ortho nitro benzene ring substituents is 1. The zero-order chi connectivity index (χ0) is 16.1. The quantitative estimate of drug-likeness (QED) is 0.349. The van der Waals surface area contributed by atoms with E-state index in [2.05, 4.69) is 5.32 Å². The van der Waals surface area contributed by atoms with Crippen molar-refractivity contribution >= 4 is 11.5 Å². The van der Waals surface area contributed by atoms with Crippen molar-refractivity contribution in [1.82, 2.24) is 5.32 Å². The van der Waals surface area contributed by atoms with E-state index >= 15 is 0 Å². The minimum Gasteiger partial charge on any atom is -0.460 e. The molecule has 1 aromatic rings.